The zero-order chi connectivity index (χ0) is 21.8. The maximum atomic E-state index is 6.27. The van der Waals surface area contributed by atoms with Gasteiger partial charge in [0.05, 0.1) is 22.8 Å². The third kappa shape index (κ3) is 3.12. The summed E-state index contributed by atoms with van der Waals surface area (Å²) in [6.45, 7) is 10.3. The molecule has 4 aromatic heterocycles. The molecule has 5 heterocycles. The van der Waals surface area contributed by atoms with Gasteiger partial charge in [-0.25, -0.2) is 0 Å². The lowest BCUT2D eigenvalue weighted by Gasteiger charge is -2.38. The predicted molar refractivity (Wildman–Crippen MR) is 125 cm³/mol. The number of nitrogens with zero attached hydrogens (tertiary/aromatic N) is 7. The molecular formula is C24H22ClN7. The zero-order valence-electron chi connectivity index (χ0n) is 17.7. The van der Waals surface area contributed by atoms with Crippen molar-refractivity contribution in [1.82, 2.24) is 33.8 Å². The molecule has 1 fully saturated rings. The van der Waals surface area contributed by atoms with E-state index in [1.807, 2.05) is 37.7 Å². The van der Waals surface area contributed by atoms with Crippen LogP contribution in [0.15, 0.2) is 54.7 Å². The van der Waals surface area contributed by atoms with Gasteiger partial charge in [0.25, 0.3) is 0 Å². The van der Waals surface area contributed by atoms with Crippen LogP contribution >= 0.6 is 11.6 Å². The molecule has 1 aliphatic rings. The Kier molecular flexibility index (Phi) is 4.55. The van der Waals surface area contributed by atoms with Crippen molar-refractivity contribution < 1.29 is 0 Å². The van der Waals surface area contributed by atoms with E-state index in [4.69, 9.17) is 16.7 Å². The van der Waals surface area contributed by atoms with Crippen molar-refractivity contribution in [3.8, 4) is 11.4 Å². The summed E-state index contributed by atoms with van der Waals surface area (Å²) in [5, 5.41) is 14.2. The van der Waals surface area contributed by atoms with Gasteiger partial charge in [0.1, 0.15) is 11.5 Å². The summed E-state index contributed by atoms with van der Waals surface area (Å²) in [6.07, 6.45) is 2.07. The Bertz CT molecular complexity index is 1440. The van der Waals surface area contributed by atoms with Crippen LogP contribution in [0.5, 0.6) is 0 Å². The Morgan fingerprint density at radius 1 is 1.09 bits per heavy atom. The molecule has 6 rings (SSSR count). The van der Waals surface area contributed by atoms with Crippen molar-refractivity contribution in [3.63, 3.8) is 0 Å². The minimum absolute atomic E-state index is 0.374. The molecule has 1 saturated heterocycles. The topological polar surface area (TPSA) is 56.2 Å². The van der Waals surface area contributed by atoms with E-state index in [1.165, 1.54) is 0 Å². The lowest BCUT2D eigenvalue weighted by molar-refractivity contribution is 0.139. The van der Waals surface area contributed by atoms with E-state index in [2.05, 4.69) is 66.1 Å². The minimum Gasteiger partial charge on any atom is -0.333 e. The van der Waals surface area contributed by atoms with Crippen LogP contribution < -0.4 is 0 Å². The molecule has 0 saturated carbocycles. The van der Waals surface area contributed by atoms with Crippen LogP contribution in [-0.2, 0) is 6.54 Å². The highest BCUT2D eigenvalue weighted by atomic mass is 35.5. The fourth-order valence-corrected chi connectivity index (χ4v) is 4.74. The highest BCUT2D eigenvalue weighted by Crippen LogP contribution is 2.31. The summed E-state index contributed by atoms with van der Waals surface area (Å²) >= 11 is 6.27. The summed E-state index contributed by atoms with van der Waals surface area (Å²) < 4.78 is 6.46. The first-order valence-electron chi connectivity index (χ1n) is 10.6. The van der Waals surface area contributed by atoms with E-state index in [0.29, 0.717) is 12.6 Å². The molecule has 1 aliphatic heterocycles. The number of rotatable bonds is 5. The molecule has 0 amide bonds. The normalized spacial score (nSPS) is 15.1. The molecule has 0 unspecified atom stereocenters. The standard InChI is InChI=1S/C24H22ClN7/c1-3-29-14-19(15-29)31-10-9-20(28-31)22-12-23-21(7-8-24-27-26-16(2)32(23)24)30(22)13-17-5-4-6-18(25)11-17/h3-12,19H,1,13-15H2,2H3. The molecule has 7 nitrogen and oxygen atoms in total. The Labute approximate surface area is 190 Å². The molecule has 0 bridgehead atoms. The minimum atomic E-state index is 0.374. The van der Waals surface area contributed by atoms with Crippen molar-refractivity contribution in [2.24, 2.45) is 0 Å². The number of aryl methyl sites for hydroxylation is 1. The third-order valence-electron chi connectivity index (χ3n) is 6.22. The number of halogens is 1. The van der Waals surface area contributed by atoms with Crippen molar-refractivity contribution in [3.05, 3.63) is 84.6 Å². The van der Waals surface area contributed by atoms with Gasteiger partial charge in [0.15, 0.2) is 5.65 Å². The van der Waals surface area contributed by atoms with Gasteiger partial charge in [0, 0.05) is 37.4 Å². The van der Waals surface area contributed by atoms with Crippen molar-refractivity contribution in [2.45, 2.75) is 19.5 Å². The molecular weight excluding hydrogens is 422 g/mol. The second-order valence-electron chi connectivity index (χ2n) is 8.26. The van der Waals surface area contributed by atoms with Crippen LogP contribution in [0.2, 0.25) is 5.02 Å². The average Bonchev–Trinajstić information content (AvgIpc) is 3.45. The van der Waals surface area contributed by atoms with E-state index in [1.54, 1.807) is 0 Å². The molecule has 160 valence electrons. The molecule has 32 heavy (non-hydrogen) atoms. The molecule has 0 spiro atoms. The van der Waals surface area contributed by atoms with Gasteiger partial charge >= 0.3 is 0 Å². The molecule has 0 N–H and O–H groups in total. The molecule has 0 aliphatic carbocycles. The van der Waals surface area contributed by atoms with Gasteiger partial charge in [0.2, 0.25) is 0 Å². The number of pyridine rings is 1. The number of hydrogen-bond acceptors (Lipinski definition) is 4. The van der Waals surface area contributed by atoms with Gasteiger partial charge in [-0.2, -0.15) is 5.10 Å². The fraction of sp³-hybridized carbons (Fsp3) is 0.208. The van der Waals surface area contributed by atoms with Gasteiger partial charge in [-0.05, 0) is 55.8 Å². The second-order valence-corrected chi connectivity index (χ2v) is 8.70. The second kappa shape index (κ2) is 7.46. The molecule has 8 heteroatoms. The van der Waals surface area contributed by atoms with Crippen LogP contribution in [0.3, 0.4) is 0 Å². The maximum Gasteiger partial charge on any atom is 0.161 e. The smallest absolute Gasteiger partial charge is 0.161 e. The summed E-state index contributed by atoms with van der Waals surface area (Å²) in [6, 6.07) is 16.8. The SMILES string of the molecule is [CH2][CH]N1CC(n2ccc(-c3cc4c(ccc5nnc(C)n54)n3Cc3cccc(Cl)c3)n2)C1. The molecule has 0 atom stereocenters. The molecule has 5 aromatic rings. The van der Waals surface area contributed by atoms with Gasteiger partial charge in [-0.3, -0.25) is 14.0 Å². The summed E-state index contributed by atoms with van der Waals surface area (Å²) in [4.78, 5) is 2.19. The molecule has 1 aromatic carbocycles. The number of hydrogen-bond donors (Lipinski definition) is 0. The molecule has 2 radical (unpaired) electrons. The Hall–Kier alpha value is -3.16. The third-order valence-corrected chi connectivity index (χ3v) is 6.46. The van der Waals surface area contributed by atoms with E-state index >= 15 is 0 Å². The van der Waals surface area contributed by atoms with Gasteiger partial charge < -0.3 is 4.57 Å². The number of benzene rings is 1. The van der Waals surface area contributed by atoms with Crippen LogP contribution in [0.4, 0.5) is 0 Å². The Balaban J connectivity index is 1.49. The average molecular weight is 444 g/mol. The van der Waals surface area contributed by atoms with Gasteiger partial charge in [-0.15, -0.1) is 10.2 Å². The largest absolute Gasteiger partial charge is 0.333 e. The van der Waals surface area contributed by atoms with E-state index in [9.17, 15) is 0 Å². The maximum absolute atomic E-state index is 6.27. The zero-order valence-corrected chi connectivity index (χ0v) is 18.4. The van der Waals surface area contributed by atoms with Crippen molar-refractivity contribution in [2.75, 3.05) is 13.1 Å². The fourth-order valence-electron chi connectivity index (χ4n) is 4.52. The summed E-state index contributed by atoms with van der Waals surface area (Å²) in [7, 11) is 0. The first-order valence-corrected chi connectivity index (χ1v) is 11.0. The predicted octanol–water partition coefficient (Wildman–Crippen LogP) is 4.41. The van der Waals surface area contributed by atoms with Gasteiger partial charge in [-0.1, -0.05) is 23.7 Å². The highest BCUT2D eigenvalue weighted by molar-refractivity contribution is 6.30. The summed E-state index contributed by atoms with van der Waals surface area (Å²) in [5.41, 5.74) is 6.14. The van der Waals surface area contributed by atoms with Crippen molar-refractivity contribution in [1.29, 1.82) is 0 Å². The number of fused-ring (bicyclic) bond motifs is 3. The number of aromatic nitrogens is 6. The van der Waals surface area contributed by atoms with Crippen molar-refractivity contribution >= 4 is 28.3 Å². The van der Waals surface area contributed by atoms with E-state index in [-0.39, 0.29) is 0 Å². The lowest BCUT2D eigenvalue weighted by atomic mass is 10.1. The quantitative estimate of drug-likeness (QED) is 0.403. The van der Waals surface area contributed by atoms with Crippen LogP contribution in [0, 0.1) is 20.4 Å². The van der Waals surface area contributed by atoms with E-state index in [0.717, 1.165) is 57.6 Å². The van der Waals surface area contributed by atoms with Crippen LogP contribution in [0.1, 0.15) is 17.4 Å². The Morgan fingerprint density at radius 3 is 2.78 bits per heavy atom. The van der Waals surface area contributed by atoms with Crippen LogP contribution in [-0.4, -0.2) is 46.9 Å². The number of likely N-dealkylation sites (tertiary alicyclic amines) is 1. The first-order chi connectivity index (χ1) is 15.6. The lowest BCUT2D eigenvalue weighted by Crippen LogP contribution is -2.45. The summed E-state index contributed by atoms with van der Waals surface area (Å²) in [5.74, 6) is 0.863. The monoisotopic (exact) mass is 443 g/mol. The Morgan fingerprint density at radius 2 is 1.97 bits per heavy atom. The van der Waals surface area contributed by atoms with E-state index < -0.39 is 0 Å². The van der Waals surface area contributed by atoms with Crippen LogP contribution in [0.25, 0.3) is 28.1 Å². The highest BCUT2D eigenvalue weighted by Gasteiger charge is 2.28. The first kappa shape index (κ1) is 19.5.